The van der Waals surface area contributed by atoms with Crippen molar-refractivity contribution in [2.75, 3.05) is 13.7 Å². The molecule has 0 aliphatic carbocycles. The van der Waals surface area contributed by atoms with Crippen LogP contribution in [-0.4, -0.2) is 29.4 Å². The van der Waals surface area contributed by atoms with E-state index in [0.29, 0.717) is 0 Å². The minimum Gasteiger partial charge on any atom is -0.497 e. The van der Waals surface area contributed by atoms with Gasteiger partial charge in [0.2, 0.25) is 0 Å². The fraction of sp³-hybridized carbons (Fsp3) is 0.250. The van der Waals surface area contributed by atoms with E-state index in [1.807, 2.05) is 24.3 Å². The van der Waals surface area contributed by atoms with Crippen LogP contribution in [0.15, 0.2) is 58.1 Å². The summed E-state index contributed by atoms with van der Waals surface area (Å²) in [5.41, 5.74) is 3.45. The Kier molecular flexibility index (Phi) is 5.89. The lowest BCUT2D eigenvalue weighted by molar-refractivity contribution is 0.415. The Bertz CT molecular complexity index is 920. The molecule has 0 unspecified atom stereocenters. The van der Waals surface area contributed by atoms with Crippen LogP contribution >= 0.6 is 28.3 Å². The van der Waals surface area contributed by atoms with Gasteiger partial charge >= 0.3 is 0 Å². The van der Waals surface area contributed by atoms with Crippen molar-refractivity contribution in [3.63, 3.8) is 0 Å². The average Bonchev–Trinajstić information content (AvgIpc) is 3.23. The summed E-state index contributed by atoms with van der Waals surface area (Å²) in [7, 11) is 1.68. The number of fused-ring (bicyclic) bond motifs is 1. The Morgan fingerprint density at radius 1 is 1.19 bits per heavy atom. The first-order chi connectivity index (χ1) is 12.2. The molecule has 1 fully saturated rings. The summed E-state index contributed by atoms with van der Waals surface area (Å²) in [6, 6.07) is 14.3. The van der Waals surface area contributed by atoms with Gasteiger partial charge in [0.25, 0.3) is 0 Å². The van der Waals surface area contributed by atoms with Crippen molar-refractivity contribution in [1.29, 1.82) is 0 Å². The molecule has 3 aromatic rings. The number of benzene rings is 2. The van der Waals surface area contributed by atoms with Gasteiger partial charge in [0, 0.05) is 41.1 Å². The summed E-state index contributed by atoms with van der Waals surface area (Å²) >= 11 is 3.57. The van der Waals surface area contributed by atoms with E-state index in [4.69, 9.17) is 9.73 Å². The lowest BCUT2D eigenvalue weighted by Gasteiger charge is -2.18. The molecule has 1 aromatic heterocycles. The Hall–Kier alpha value is -1.98. The maximum absolute atomic E-state index is 5.21. The quantitative estimate of drug-likeness (QED) is 0.573. The Morgan fingerprint density at radius 2 is 2.00 bits per heavy atom. The molecule has 136 valence electrons. The van der Waals surface area contributed by atoms with Crippen LogP contribution in [0.3, 0.4) is 0 Å². The number of halogens is 2. The number of hydrogen-bond acceptors (Lipinski definition) is 2. The Balaban J connectivity index is 0.00000196. The highest BCUT2D eigenvalue weighted by molar-refractivity contribution is 9.10. The topological polar surface area (TPSA) is 40.6 Å². The first-order valence-corrected chi connectivity index (χ1v) is 9.24. The van der Waals surface area contributed by atoms with E-state index in [0.717, 1.165) is 47.7 Å². The highest BCUT2D eigenvalue weighted by atomic mass is 79.9. The number of ether oxygens (including phenoxy) is 1. The molecule has 0 atom stereocenters. The molecule has 1 aliphatic rings. The zero-order chi connectivity index (χ0) is 17.2. The van der Waals surface area contributed by atoms with E-state index in [1.54, 1.807) is 7.11 Å². The summed E-state index contributed by atoms with van der Waals surface area (Å²) in [6.45, 7) is 1.93. The van der Waals surface area contributed by atoms with E-state index in [9.17, 15) is 0 Å². The SMILES string of the molecule is COc1ccc(/N=C2/CCCN2Cc2c[nH]c3ccc(Br)cc23)cc1.Cl. The van der Waals surface area contributed by atoms with E-state index >= 15 is 0 Å². The summed E-state index contributed by atoms with van der Waals surface area (Å²) in [5.74, 6) is 2.02. The molecule has 0 radical (unpaired) electrons. The second kappa shape index (κ2) is 8.14. The number of aromatic amines is 1. The minimum absolute atomic E-state index is 0. The normalized spacial score (nSPS) is 15.5. The van der Waals surface area contributed by atoms with Gasteiger partial charge in [-0.05, 0) is 54.4 Å². The summed E-state index contributed by atoms with van der Waals surface area (Å²) < 4.78 is 6.32. The number of aromatic nitrogens is 1. The van der Waals surface area contributed by atoms with E-state index in [2.05, 4.69) is 50.2 Å². The number of H-pyrrole nitrogens is 1. The van der Waals surface area contributed by atoms with Crippen LogP contribution in [0.25, 0.3) is 10.9 Å². The maximum Gasteiger partial charge on any atom is 0.119 e. The molecule has 1 N–H and O–H groups in total. The van der Waals surface area contributed by atoms with Crippen molar-refractivity contribution in [3.8, 4) is 5.75 Å². The second-order valence-corrected chi connectivity index (χ2v) is 7.17. The molecule has 0 amide bonds. The zero-order valence-corrected chi connectivity index (χ0v) is 16.9. The molecule has 6 heteroatoms. The molecule has 4 rings (SSSR count). The van der Waals surface area contributed by atoms with Crippen molar-refractivity contribution < 1.29 is 4.74 Å². The summed E-state index contributed by atoms with van der Waals surface area (Å²) in [6.07, 6.45) is 4.29. The van der Waals surface area contributed by atoms with Crippen LogP contribution in [0, 0.1) is 0 Å². The third-order valence-electron chi connectivity index (χ3n) is 4.61. The van der Waals surface area contributed by atoms with Crippen LogP contribution in [0.4, 0.5) is 5.69 Å². The molecule has 1 aliphatic heterocycles. The van der Waals surface area contributed by atoms with Crippen LogP contribution in [0.5, 0.6) is 5.75 Å². The fourth-order valence-electron chi connectivity index (χ4n) is 3.30. The number of nitrogens with zero attached hydrogens (tertiary/aromatic N) is 2. The van der Waals surface area contributed by atoms with Gasteiger partial charge in [-0.2, -0.15) is 0 Å². The fourth-order valence-corrected chi connectivity index (χ4v) is 3.67. The molecule has 0 bridgehead atoms. The summed E-state index contributed by atoms with van der Waals surface area (Å²) in [5, 5.41) is 1.27. The van der Waals surface area contributed by atoms with Gasteiger partial charge in [-0.3, -0.25) is 0 Å². The number of rotatable bonds is 4. The molecule has 1 saturated heterocycles. The number of hydrogen-bond donors (Lipinski definition) is 1. The third kappa shape index (κ3) is 3.89. The van der Waals surface area contributed by atoms with Crippen molar-refractivity contribution in [1.82, 2.24) is 9.88 Å². The standard InChI is InChI=1S/C20H20BrN3O.ClH/c1-25-17-7-5-16(6-8-17)23-20-3-2-10-24(20)13-14-12-22-19-9-4-15(21)11-18(14)19;/h4-9,11-12,22H,2-3,10,13H2,1H3;1H/b23-20-;. The molecular weight excluding hydrogens is 414 g/mol. The molecule has 0 saturated carbocycles. The highest BCUT2D eigenvalue weighted by Gasteiger charge is 2.20. The lowest BCUT2D eigenvalue weighted by Crippen LogP contribution is -2.24. The van der Waals surface area contributed by atoms with Gasteiger partial charge in [0.05, 0.1) is 12.8 Å². The van der Waals surface area contributed by atoms with Crippen LogP contribution < -0.4 is 4.74 Å². The predicted octanol–water partition coefficient (Wildman–Crippen LogP) is 5.69. The minimum atomic E-state index is 0. The first kappa shape index (κ1) is 18.8. The molecule has 2 heterocycles. The number of aliphatic imine (C=N–C) groups is 1. The van der Waals surface area contributed by atoms with Gasteiger partial charge in [0.1, 0.15) is 11.6 Å². The predicted molar refractivity (Wildman–Crippen MR) is 113 cm³/mol. The number of amidine groups is 1. The van der Waals surface area contributed by atoms with E-state index < -0.39 is 0 Å². The monoisotopic (exact) mass is 433 g/mol. The van der Waals surface area contributed by atoms with Gasteiger partial charge in [-0.15, -0.1) is 12.4 Å². The Morgan fingerprint density at radius 3 is 2.77 bits per heavy atom. The average molecular weight is 435 g/mol. The van der Waals surface area contributed by atoms with Crippen LogP contribution in [-0.2, 0) is 6.54 Å². The number of likely N-dealkylation sites (tertiary alicyclic amines) is 1. The van der Waals surface area contributed by atoms with Crippen LogP contribution in [0.2, 0.25) is 0 Å². The van der Waals surface area contributed by atoms with Crippen molar-refractivity contribution >= 4 is 50.8 Å². The van der Waals surface area contributed by atoms with E-state index in [1.165, 1.54) is 16.5 Å². The third-order valence-corrected chi connectivity index (χ3v) is 5.11. The smallest absolute Gasteiger partial charge is 0.119 e. The molecule has 2 aromatic carbocycles. The molecule has 26 heavy (non-hydrogen) atoms. The molecule has 0 spiro atoms. The highest BCUT2D eigenvalue weighted by Crippen LogP contribution is 2.27. The lowest BCUT2D eigenvalue weighted by atomic mass is 10.1. The molecule has 4 nitrogen and oxygen atoms in total. The zero-order valence-electron chi connectivity index (χ0n) is 14.5. The first-order valence-electron chi connectivity index (χ1n) is 8.45. The number of methoxy groups -OCH3 is 1. The van der Waals surface area contributed by atoms with Crippen LogP contribution in [0.1, 0.15) is 18.4 Å². The van der Waals surface area contributed by atoms with Gasteiger partial charge in [-0.1, -0.05) is 15.9 Å². The largest absolute Gasteiger partial charge is 0.497 e. The molecular formula is C20H21BrClN3O. The van der Waals surface area contributed by atoms with Crippen molar-refractivity contribution in [3.05, 3.63) is 58.7 Å². The second-order valence-electron chi connectivity index (χ2n) is 6.25. The van der Waals surface area contributed by atoms with Gasteiger partial charge in [-0.25, -0.2) is 4.99 Å². The van der Waals surface area contributed by atoms with Gasteiger partial charge < -0.3 is 14.6 Å². The Labute approximate surface area is 167 Å². The number of nitrogens with one attached hydrogen (secondary N) is 1. The van der Waals surface area contributed by atoms with Gasteiger partial charge in [0.15, 0.2) is 0 Å². The van der Waals surface area contributed by atoms with Crippen molar-refractivity contribution in [2.24, 2.45) is 4.99 Å². The summed E-state index contributed by atoms with van der Waals surface area (Å²) in [4.78, 5) is 10.6. The van der Waals surface area contributed by atoms with E-state index in [-0.39, 0.29) is 12.4 Å². The maximum atomic E-state index is 5.21. The van der Waals surface area contributed by atoms with Crippen molar-refractivity contribution in [2.45, 2.75) is 19.4 Å².